The van der Waals surface area contributed by atoms with Crippen LogP contribution >= 0.6 is 15.9 Å². The molecular weight excluding hydrogens is 312 g/mol. The second-order valence-electron chi connectivity index (χ2n) is 4.37. The van der Waals surface area contributed by atoms with E-state index in [0.29, 0.717) is 16.7 Å². The van der Waals surface area contributed by atoms with Crippen molar-refractivity contribution in [1.29, 1.82) is 0 Å². The van der Waals surface area contributed by atoms with E-state index >= 15 is 0 Å². The lowest BCUT2D eigenvalue weighted by molar-refractivity contribution is -0.384. The number of nitro benzene ring substituents is 1. The van der Waals surface area contributed by atoms with Crippen molar-refractivity contribution in [2.75, 3.05) is 0 Å². The van der Waals surface area contributed by atoms with E-state index < -0.39 is 4.92 Å². The van der Waals surface area contributed by atoms with E-state index in [2.05, 4.69) is 15.9 Å². The van der Waals surface area contributed by atoms with Crippen molar-refractivity contribution in [2.24, 2.45) is 5.73 Å². The molecule has 1 heterocycles. The van der Waals surface area contributed by atoms with Gasteiger partial charge in [-0.3, -0.25) is 10.1 Å². The van der Waals surface area contributed by atoms with Gasteiger partial charge in [-0.25, -0.2) is 0 Å². The molecule has 1 unspecified atom stereocenters. The fourth-order valence-electron chi connectivity index (χ4n) is 1.77. The van der Waals surface area contributed by atoms with E-state index in [1.54, 1.807) is 6.07 Å². The molecule has 0 saturated carbocycles. The Hall–Kier alpha value is -1.66. The Morgan fingerprint density at radius 3 is 2.74 bits per heavy atom. The minimum absolute atomic E-state index is 0.0271. The first-order valence-corrected chi connectivity index (χ1v) is 6.55. The minimum atomic E-state index is -0.432. The molecule has 19 heavy (non-hydrogen) atoms. The van der Waals surface area contributed by atoms with Crippen LogP contribution in [0.2, 0.25) is 0 Å². The molecule has 2 N–H and O–H groups in total. The zero-order valence-corrected chi connectivity index (χ0v) is 11.9. The lowest BCUT2D eigenvalue weighted by Crippen LogP contribution is -2.17. The third kappa shape index (κ3) is 3.21. The molecule has 1 aromatic carbocycles. The second-order valence-corrected chi connectivity index (χ2v) is 5.22. The molecule has 0 amide bonds. The van der Waals surface area contributed by atoms with Crippen molar-refractivity contribution >= 4 is 21.6 Å². The highest BCUT2D eigenvalue weighted by Crippen LogP contribution is 2.32. The van der Waals surface area contributed by atoms with Crippen molar-refractivity contribution in [3.8, 4) is 11.3 Å². The van der Waals surface area contributed by atoms with Crippen LogP contribution in [0.1, 0.15) is 12.7 Å². The van der Waals surface area contributed by atoms with E-state index in [0.717, 1.165) is 11.3 Å². The Labute approximate surface area is 118 Å². The van der Waals surface area contributed by atoms with Gasteiger partial charge < -0.3 is 10.2 Å². The second kappa shape index (κ2) is 5.54. The van der Waals surface area contributed by atoms with E-state index in [1.165, 1.54) is 12.1 Å². The van der Waals surface area contributed by atoms with E-state index in [1.807, 2.05) is 19.1 Å². The van der Waals surface area contributed by atoms with Crippen molar-refractivity contribution in [3.63, 3.8) is 0 Å². The number of furan rings is 1. The molecule has 0 aliphatic rings. The summed E-state index contributed by atoms with van der Waals surface area (Å²) in [6, 6.07) is 8.31. The SMILES string of the molecule is CC(N)Cc1ccc(-c2ccc([N+](=O)[O-])cc2Br)o1. The highest BCUT2D eigenvalue weighted by atomic mass is 79.9. The summed E-state index contributed by atoms with van der Waals surface area (Å²) in [5.41, 5.74) is 6.53. The molecule has 1 aromatic heterocycles. The van der Waals surface area contributed by atoms with Crippen LogP contribution in [0.3, 0.4) is 0 Å². The highest BCUT2D eigenvalue weighted by molar-refractivity contribution is 9.10. The molecule has 0 aliphatic heterocycles. The van der Waals surface area contributed by atoms with Gasteiger partial charge in [-0.15, -0.1) is 0 Å². The Kier molecular flexibility index (Phi) is 4.01. The maximum absolute atomic E-state index is 10.7. The lowest BCUT2D eigenvalue weighted by Gasteiger charge is -2.03. The van der Waals surface area contributed by atoms with Crippen molar-refractivity contribution in [1.82, 2.24) is 0 Å². The summed E-state index contributed by atoms with van der Waals surface area (Å²) in [7, 11) is 0. The van der Waals surface area contributed by atoms with Gasteiger partial charge in [0.05, 0.1) is 4.92 Å². The molecule has 2 aromatic rings. The van der Waals surface area contributed by atoms with Crippen molar-refractivity contribution in [2.45, 2.75) is 19.4 Å². The molecule has 0 radical (unpaired) electrons. The van der Waals surface area contributed by atoms with Gasteiger partial charge in [0.15, 0.2) is 0 Å². The molecular formula is C13H13BrN2O3. The first kappa shape index (κ1) is 13.8. The molecule has 5 nitrogen and oxygen atoms in total. The molecule has 0 bridgehead atoms. The van der Waals surface area contributed by atoms with Crippen LogP contribution in [0, 0.1) is 10.1 Å². The molecule has 6 heteroatoms. The van der Waals surface area contributed by atoms with Gasteiger partial charge in [0.2, 0.25) is 0 Å². The molecule has 0 saturated heterocycles. The predicted molar refractivity (Wildman–Crippen MR) is 75.9 cm³/mol. The topological polar surface area (TPSA) is 82.3 Å². The summed E-state index contributed by atoms with van der Waals surface area (Å²) < 4.78 is 6.31. The minimum Gasteiger partial charge on any atom is -0.461 e. The monoisotopic (exact) mass is 324 g/mol. The Morgan fingerprint density at radius 1 is 1.42 bits per heavy atom. The number of benzene rings is 1. The maximum atomic E-state index is 10.7. The van der Waals surface area contributed by atoms with Crippen LogP contribution in [0.5, 0.6) is 0 Å². The molecule has 1 atom stereocenters. The quantitative estimate of drug-likeness (QED) is 0.689. The van der Waals surface area contributed by atoms with Crippen LogP contribution < -0.4 is 5.73 Å². The number of nitrogens with zero attached hydrogens (tertiary/aromatic N) is 1. The third-order valence-electron chi connectivity index (χ3n) is 2.61. The van der Waals surface area contributed by atoms with Gasteiger partial charge in [0.25, 0.3) is 5.69 Å². The number of hydrogen-bond donors (Lipinski definition) is 1. The van der Waals surface area contributed by atoms with Crippen molar-refractivity contribution in [3.05, 3.63) is 50.7 Å². The summed E-state index contributed by atoms with van der Waals surface area (Å²) in [5.74, 6) is 1.47. The summed E-state index contributed by atoms with van der Waals surface area (Å²) in [4.78, 5) is 10.2. The van der Waals surface area contributed by atoms with Gasteiger partial charge >= 0.3 is 0 Å². The average Bonchev–Trinajstić information content (AvgIpc) is 2.76. The number of non-ortho nitro benzene ring substituents is 1. The molecule has 100 valence electrons. The normalized spacial score (nSPS) is 12.4. The summed E-state index contributed by atoms with van der Waals surface area (Å²) in [5, 5.41) is 10.7. The smallest absolute Gasteiger partial charge is 0.270 e. The highest BCUT2D eigenvalue weighted by Gasteiger charge is 2.13. The number of rotatable bonds is 4. The van der Waals surface area contributed by atoms with Gasteiger partial charge in [-0.2, -0.15) is 0 Å². The van der Waals surface area contributed by atoms with Crippen LogP contribution in [-0.2, 0) is 6.42 Å². The molecule has 0 aliphatic carbocycles. The fraction of sp³-hybridized carbons (Fsp3) is 0.231. The Balaban J connectivity index is 2.31. The van der Waals surface area contributed by atoms with Crippen LogP contribution in [-0.4, -0.2) is 11.0 Å². The lowest BCUT2D eigenvalue weighted by atomic mass is 10.1. The average molecular weight is 325 g/mol. The fourth-order valence-corrected chi connectivity index (χ4v) is 2.33. The molecule has 2 rings (SSSR count). The van der Waals surface area contributed by atoms with Crippen LogP contribution in [0.25, 0.3) is 11.3 Å². The van der Waals surface area contributed by atoms with Gasteiger partial charge in [-0.1, -0.05) is 0 Å². The van der Waals surface area contributed by atoms with E-state index in [9.17, 15) is 10.1 Å². The third-order valence-corrected chi connectivity index (χ3v) is 3.27. The number of halogens is 1. The zero-order valence-electron chi connectivity index (χ0n) is 10.3. The summed E-state index contributed by atoms with van der Waals surface area (Å²) in [6.07, 6.45) is 0.657. The molecule has 0 spiro atoms. The summed E-state index contributed by atoms with van der Waals surface area (Å²) in [6.45, 7) is 1.91. The number of hydrogen-bond acceptors (Lipinski definition) is 4. The summed E-state index contributed by atoms with van der Waals surface area (Å²) >= 11 is 3.32. The van der Waals surface area contributed by atoms with Gasteiger partial charge in [0.1, 0.15) is 11.5 Å². The van der Waals surface area contributed by atoms with Gasteiger partial charge in [0, 0.05) is 34.6 Å². The maximum Gasteiger partial charge on any atom is 0.270 e. The van der Waals surface area contributed by atoms with E-state index in [-0.39, 0.29) is 11.7 Å². The standard InChI is InChI=1S/C13H13BrN2O3/c1-8(15)6-10-3-5-13(19-10)11-4-2-9(16(17)18)7-12(11)14/h2-5,7-8H,6,15H2,1H3. The first-order chi connectivity index (χ1) is 8.97. The van der Waals surface area contributed by atoms with Crippen LogP contribution in [0.15, 0.2) is 39.2 Å². The van der Waals surface area contributed by atoms with Gasteiger partial charge in [-0.05, 0) is 41.1 Å². The Bertz CT molecular complexity index is 608. The van der Waals surface area contributed by atoms with Crippen molar-refractivity contribution < 1.29 is 9.34 Å². The Morgan fingerprint density at radius 2 is 2.16 bits per heavy atom. The zero-order chi connectivity index (χ0) is 14.0. The largest absolute Gasteiger partial charge is 0.461 e. The first-order valence-electron chi connectivity index (χ1n) is 5.76. The number of nitrogens with two attached hydrogens (primary N) is 1. The molecule has 0 fully saturated rings. The number of nitro groups is 1. The van der Waals surface area contributed by atoms with Crippen LogP contribution in [0.4, 0.5) is 5.69 Å². The van der Waals surface area contributed by atoms with E-state index in [4.69, 9.17) is 10.2 Å². The predicted octanol–water partition coefficient (Wildman–Crippen LogP) is 3.51.